The van der Waals surface area contributed by atoms with Crippen LogP contribution in [0.3, 0.4) is 0 Å². The molecule has 1 aromatic carbocycles. The molecule has 1 unspecified atom stereocenters. The van der Waals surface area contributed by atoms with E-state index in [4.69, 9.17) is 0 Å². The fourth-order valence-electron chi connectivity index (χ4n) is 2.08. The highest BCUT2D eigenvalue weighted by molar-refractivity contribution is 5.30. The minimum atomic E-state index is -0.695. The molecular weight excluding hydrogens is 172 g/mol. The molecule has 0 heterocycles. The van der Waals surface area contributed by atoms with Gasteiger partial charge in [-0.3, -0.25) is 0 Å². The van der Waals surface area contributed by atoms with E-state index in [1.165, 1.54) is 0 Å². The molecule has 0 radical (unpaired) electrons. The van der Waals surface area contributed by atoms with Crippen LogP contribution in [0.4, 0.5) is 0 Å². The molecule has 14 heavy (non-hydrogen) atoms. The molecular formula is C13H20O. The Morgan fingerprint density at radius 3 is 2.36 bits per heavy atom. The van der Waals surface area contributed by atoms with Crippen molar-refractivity contribution in [1.82, 2.24) is 0 Å². The molecule has 0 bridgehead atoms. The minimum absolute atomic E-state index is 0.504. The number of hydrogen-bond acceptors (Lipinski definition) is 1. The van der Waals surface area contributed by atoms with Crippen LogP contribution in [0.5, 0.6) is 0 Å². The Balaban J connectivity index is 2.97. The van der Waals surface area contributed by atoms with Crippen molar-refractivity contribution in [2.24, 2.45) is 5.92 Å². The van der Waals surface area contributed by atoms with Gasteiger partial charge in [-0.2, -0.15) is 0 Å². The van der Waals surface area contributed by atoms with Crippen LogP contribution in [0.2, 0.25) is 0 Å². The van der Waals surface area contributed by atoms with E-state index in [1.54, 1.807) is 0 Å². The first-order valence-electron chi connectivity index (χ1n) is 5.22. The van der Waals surface area contributed by atoms with Crippen molar-refractivity contribution >= 4 is 0 Å². The molecule has 0 aliphatic heterocycles. The lowest BCUT2D eigenvalue weighted by atomic mass is 9.85. The van der Waals surface area contributed by atoms with Crippen molar-refractivity contribution in [2.45, 2.75) is 39.7 Å². The molecule has 0 aromatic heterocycles. The zero-order valence-corrected chi connectivity index (χ0v) is 9.54. The van der Waals surface area contributed by atoms with E-state index >= 15 is 0 Å². The summed E-state index contributed by atoms with van der Waals surface area (Å²) >= 11 is 0. The summed E-state index contributed by atoms with van der Waals surface area (Å²) in [5, 5.41) is 10.3. The second-order valence-electron chi connectivity index (χ2n) is 4.69. The van der Waals surface area contributed by atoms with Gasteiger partial charge >= 0.3 is 0 Å². The number of benzene rings is 1. The fraction of sp³-hybridized carbons (Fsp3) is 0.538. The van der Waals surface area contributed by atoms with Gasteiger partial charge in [-0.15, -0.1) is 0 Å². The minimum Gasteiger partial charge on any atom is -0.385 e. The highest BCUT2D eigenvalue weighted by Crippen LogP contribution is 2.29. The Labute approximate surface area is 86.8 Å². The third kappa shape index (κ3) is 2.58. The molecule has 0 amide bonds. The zero-order valence-electron chi connectivity index (χ0n) is 9.54. The normalized spacial score (nSPS) is 15.6. The van der Waals surface area contributed by atoms with Crippen molar-refractivity contribution in [3.8, 4) is 0 Å². The van der Waals surface area contributed by atoms with Gasteiger partial charge in [-0.25, -0.2) is 0 Å². The summed E-state index contributed by atoms with van der Waals surface area (Å²) in [6.07, 6.45) is 0.803. The maximum atomic E-state index is 10.3. The fourth-order valence-corrected chi connectivity index (χ4v) is 2.08. The Morgan fingerprint density at radius 1 is 1.29 bits per heavy atom. The van der Waals surface area contributed by atoms with Crippen molar-refractivity contribution in [3.05, 3.63) is 35.4 Å². The standard InChI is InChI=1S/C13H20O/c1-10(2)9-13(4,14)12-8-6-5-7-11(12)3/h5-8,10,14H,9H2,1-4H3. The average Bonchev–Trinajstić information content (AvgIpc) is 2.02. The number of aryl methyl sites for hydroxylation is 1. The highest BCUT2D eigenvalue weighted by atomic mass is 16.3. The lowest BCUT2D eigenvalue weighted by Gasteiger charge is -2.27. The molecule has 0 saturated heterocycles. The van der Waals surface area contributed by atoms with Crippen LogP contribution in [0.1, 0.15) is 38.3 Å². The van der Waals surface area contributed by atoms with Gasteiger partial charge in [0.05, 0.1) is 5.60 Å². The summed E-state index contributed by atoms with van der Waals surface area (Å²) < 4.78 is 0. The molecule has 0 aliphatic carbocycles. The summed E-state index contributed by atoms with van der Waals surface area (Å²) in [4.78, 5) is 0. The molecule has 1 aromatic rings. The monoisotopic (exact) mass is 192 g/mol. The molecule has 1 atom stereocenters. The lowest BCUT2D eigenvalue weighted by molar-refractivity contribution is 0.0343. The highest BCUT2D eigenvalue weighted by Gasteiger charge is 2.25. The lowest BCUT2D eigenvalue weighted by Crippen LogP contribution is -2.24. The topological polar surface area (TPSA) is 20.2 Å². The molecule has 0 spiro atoms. The maximum absolute atomic E-state index is 10.3. The summed E-state index contributed by atoms with van der Waals surface area (Å²) in [5.74, 6) is 0.504. The molecule has 0 aliphatic rings. The predicted molar refractivity (Wildman–Crippen MR) is 60.2 cm³/mol. The van der Waals surface area contributed by atoms with E-state index in [0.29, 0.717) is 5.92 Å². The third-order valence-electron chi connectivity index (χ3n) is 2.53. The van der Waals surface area contributed by atoms with Gasteiger partial charge in [0.2, 0.25) is 0 Å². The molecule has 0 saturated carbocycles. The molecule has 0 fully saturated rings. The average molecular weight is 192 g/mol. The maximum Gasteiger partial charge on any atom is 0.0873 e. The second kappa shape index (κ2) is 4.14. The third-order valence-corrected chi connectivity index (χ3v) is 2.53. The van der Waals surface area contributed by atoms with Gasteiger partial charge in [-0.05, 0) is 37.3 Å². The van der Waals surface area contributed by atoms with E-state index in [9.17, 15) is 5.11 Å². The summed E-state index contributed by atoms with van der Waals surface area (Å²) in [7, 11) is 0. The van der Waals surface area contributed by atoms with E-state index in [1.807, 2.05) is 38.1 Å². The zero-order chi connectivity index (χ0) is 10.8. The van der Waals surface area contributed by atoms with Crippen LogP contribution in [0.25, 0.3) is 0 Å². The summed E-state index contributed by atoms with van der Waals surface area (Å²) in [6.45, 7) is 8.21. The Morgan fingerprint density at radius 2 is 1.86 bits per heavy atom. The molecule has 1 heteroatoms. The van der Waals surface area contributed by atoms with E-state index in [0.717, 1.165) is 17.5 Å². The quantitative estimate of drug-likeness (QED) is 0.779. The van der Waals surface area contributed by atoms with E-state index in [-0.39, 0.29) is 0 Å². The molecule has 1 nitrogen and oxygen atoms in total. The Bertz CT molecular complexity index is 300. The molecule has 78 valence electrons. The van der Waals surface area contributed by atoms with Crippen LogP contribution in [0, 0.1) is 12.8 Å². The van der Waals surface area contributed by atoms with E-state index in [2.05, 4.69) is 13.8 Å². The van der Waals surface area contributed by atoms with Crippen LogP contribution in [0.15, 0.2) is 24.3 Å². The van der Waals surface area contributed by atoms with Crippen LogP contribution in [-0.4, -0.2) is 5.11 Å². The van der Waals surface area contributed by atoms with Gasteiger partial charge in [0, 0.05) is 0 Å². The largest absolute Gasteiger partial charge is 0.385 e. The van der Waals surface area contributed by atoms with Crippen molar-refractivity contribution in [2.75, 3.05) is 0 Å². The number of aliphatic hydroxyl groups is 1. The molecule has 1 N–H and O–H groups in total. The van der Waals surface area contributed by atoms with Gasteiger partial charge in [0.25, 0.3) is 0 Å². The summed E-state index contributed by atoms with van der Waals surface area (Å²) in [6, 6.07) is 8.04. The second-order valence-corrected chi connectivity index (χ2v) is 4.69. The molecule has 1 rings (SSSR count). The first-order chi connectivity index (χ1) is 6.43. The van der Waals surface area contributed by atoms with E-state index < -0.39 is 5.60 Å². The number of hydrogen-bond donors (Lipinski definition) is 1. The van der Waals surface area contributed by atoms with Crippen molar-refractivity contribution in [1.29, 1.82) is 0 Å². The van der Waals surface area contributed by atoms with Crippen LogP contribution in [-0.2, 0) is 5.60 Å². The van der Waals surface area contributed by atoms with Gasteiger partial charge in [0.15, 0.2) is 0 Å². The Hall–Kier alpha value is -0.820. The summed E-state index contributed by atoms with van der Waals surface area (Å²) in [5.41, 5.74) is 1.52. The Kier molecular flexibility index (Phi) is 3.33. The first-order valence-corrected chi connectivity index (χ1v) is 5.22. The van der Waals surface area contributed by atoms with Crippen LogP contribution >= 0.6 is 0 Å². The predicted octanol–water partition coefficient (Wildman–Crippen LogP) is 3.25. The van der Waals surface area contributed by atoms with Gasteiger partial charge < -0.3 is 5.11 Å². The van der Waals surface area contributed by atoms with Crippen LogP contribution < -0.4 is 0 Å². The van der Waals surface area contributed by atoms with Crippen molar-refractivity contribution in [3.63, 3.8) is 0 Å². The first kappa shape index (κ1) is 11.3. The van der Waals surface area contributed by atoms with Crippen molar-refractivity contribution < 1.29 is 5.11 Å². The van der Waals surface area contributed by atoms with Gasteiger partial charge in [0.1, 0.15) is 0 Å². The SMILES string of the molecule is Cc1ccccc1C(C)(O)CC(C)C. The smallest absolute Gasteiger partial charge is 0.0873 e. The van der Waals surface area contributed by atoms with Gasteiger partial charge in [-0.1, -0.05) is 38.1 Å². The number of rotatable bonds is 3.